The van der Waals surface area contributed by atoms with E-state index < -0.39 is 29.4 Å². The predicted octanol–water partition coefficient (Wildman–Crippen LogP) is 3.41. The topological polar surface area (TPSA) is 117 Å². The number of rotatable bonds is 6. The van der Waals surface area contributed by atoms with Crippen molar-refractivity contribution in [2.24, 2.45) is 5.73 Å². The van der Waals surface area contributed by atoms with Crippen LogP contribution in [0.15, 0.2) is 45.5 Å². The Bertz CT molecular complexity index is 1010. The number of hydrogen-bond acceptors (Lipinski definition) is 7. The van der Waals surface area contributed by atoms with Crippen LogP contribution >= 0.6 is 15.9 Å². The Morgan fingerprint density at radius 3 is 2.61 bits per heavy atom. The van der Waals surface area contributed by atoms with Crippen molar-refractivity contribution in [1.82, 2.24) is 0 Å². The molecule has 0 aromatic heterocycles. The van der Waals surface area contributed by atoms with Crippen molar-refractivity contribution in [2.45, 2.75) is 52.1 Å². The second-order valence-corrected chi connectivity index (χ2v) is 8.53. The first kappa shape index (κ1) is 22.9. The van der Waals surface area contributed by atoms with Gasteiger partial charge in [0.25, 0.3) is 0 Å². The highest BCUT2D eigenvalue weighted by atomic mass is 79.9. The van der Waals surface area contributed by atoms with E-state index in [0.717, 1.165) is 6.42 Å². The van der Waals surface area contributed by atoms with Crippen LogP contribution in [0, 0.1) is 0 Å². The van der Waals surface area contributed by atoms with Gasteiger partial charge in [0.1, 0.15) is 22.3 Å². The van der Waals surface area contributed by atoms with Crippen molar-refractivity contribution in [3.05, 3.63) is 51.0 Å². The molecule has 1 amide bonds. The van der Waals surface area contributed by atoms with E-state index in [0.29, 0.717) is 22.1 Å². The average molecular weight is 493 g/mol. The number of benzene rings is 1. The van der Waals surface area contributed by atoms with E-state index in [1.807, 2.05) is 6.92 Å². The average Bonchev–Trinajstić information content (AvgIpc) is 2.93. The number of amides is 1. The maximum atomic E-state index is 13.5. The summed E-state index contributed by atoms with van der Waals surface area (Å²) < 4.78 is 17.0. The number of ether oxygens (including phenoxy) is 3. The zero-order chi connectivity index (χ0) is 22.9. The summed E-state index contributed by atoms with van der Waals surface area (Å²) in [6.45, 7) is 6.98. The number of allylic oxidation sites excluding steroid dienone is 1. The number of fused-ring (bicyclic) bond motifs is 2. The van der Waals surface area contributed by atoms with E-state index in [-0.39, 0.29) is 29.4 Å². The lowest BCUT2D eigenvalue weighted by atomic mass is 9.67. The van der Waals surface area contributed by atoms with E-state index in [4.69, 9.17) is 19.9 Å². The maximum Gasteiger partial charge on any atom is 0.341 e. The summed E-state index contributed by atoms with van der Waals surface area (Å²) in [5.41, 5.74) is 4.76. The molecule has 2 heterocycles. The second-order valence-electron chi connectivity index (χ2n) is 7.61. The largest absolute Gasteiger partial charge is 0.462 e. The van der Waals surface area contributed by atoms with Gasteiger partial charge in [0, 0.05) is 15.7 Å². The molecular weight excluding hydrogens is 468 g/mol. The number of nitrogens with one attached hydrogen (secondary N) is 1. The van der Waals surface area contributed by atoms with Gasteiger partial charge in [-0.15, -0.1) is 0 Å². The smallest absolute Gasteiger partial charge is 0.341 e. The van der Waals surface area contributed by atoms with Gasteiger partial charge in [0.15, 0.2) is 0 Å². The summed E-state index contributed by atoms with van der Waals surface area (Å²) in [6.07, 6.45) is 0.989. The lowest BCUT2D eigenvalue weighted by Gasteiger charge is -2.35. The highest BCUT2D eigenvalue weighted by Crippen LogP contribution is 2.53. The molecule has 2 aliphatic rings. The third kappa shape index (κ3) is 3.82. The van der Waals surface area contributed by atoms with Crippen LogP contribution in [0.4, 0.5) is 5.69 Å². The molecule has 0 aliphatic carbocycles. The van der Waals surface area contributed by atoms with Crippen LogP contribution in [0.5, 0.6) is 0 Å². The minimum atomic E-state index is -1.86. The number of anilines is 1. The molecule has 166 valence electrons. The number of halogens is 1. The molecule has 8 nitrogen and oxygen atoms in total. The molecule has 3 rings (SSSR count). The van der Waals surface area contributed by atoms with Crippen LogP contribution in [-0.2, 0) is 34.0 Å². The highest BCUT2D eigenvalue weighted by molar-refractivity contribution is 9.10. The van der Waals surface area contributed by atoms with Crippen molar-refractivity contribution in [3.63, 3.8) is 0 Å². The van der Waals surface area contributed by atoms with Crippen molar-refractivity contribution in [2.75, 3.05) is 11.9 Å². The second kappa shape index (κ2) is 8.74. The third-order valence-corrected chi connectivity index (χ3v) is 5.56. The van der Waals surface area contributed by atoms with Gasteiger partial charge in [-0.25, -0.2) is 9.59 Å². The fourth-order valence-electron chi connectivity index (χ4n) is 3.82. The molecule has 1 atom stereocenters. The van der Waals surface area contributed by atoms with Gasteiger partial charge in [0.05, 0.1) is 12.7 Å². The van der Waals surface area contributed by atoms with Crippen LogP contribution in [0.25, 0.3) is 0 Å². The quantitative estimate of drug-likeness (QED) is 0.461. The van der Waals surface area contributed by atoms with Crippen LogP contribution < -0.4 is 11.1 Å². The molecule has 0 saturated carbocycles. The van der Waals surface area contributed by atoms with Crippen molar-refractivity contribution in [3.8, 4) is 0 Å². The van der Waals surface area contributed by atoms with Gasteiger partial charge in [0.2, 0.25) is 11.8 Å². The van der Waals surface area contributed by atoms with E-state index in [9.17, 15) is 14.4 Å². The molecule has 3 N–H and O–H groups in total. The number of carbonyl (C=O) groups excluding carboxylic acids is 3. The molecule has 2 aliphatic heterocycles. The molecule has 1 aromatic rings. The van der Waals surface area contributed by atoms with Gasteiger partial charge in [-0.2, -0.15) is 0 Å². The summed E-state index contributed by atoms with van der Waals surface area (Å²) in [5.74, 6) is -2.42. The molecule has 0 radical (unpaired) electrons. The monoisotopic (exact) mass is 492 g/mol. The first-order valence-corrected chi connectivity index (χ1v) is 10.8. The summed E-state index contributed by atoms with van der Waals surface area (Å²) in [4.78, 5) is 39.9. The van der Waals surface area contributed by atoms with Crippen molar-refractivity contribution in [1.29, 1.82) is 0 Å². The first-order chi connectivity index (χ1) is 14.6. The van der Waals surface area contributed by atoms with Gasteiger partial charge in [-0.05, 0) is 45.4 Å². The minimum absolute atomic E-state index is 0.0798. The van der Waals surface area contributed by atoms with Gasteiger partial charge < -0.3 is 25.3 Å². The molecule has 0 saturated heterocycles. The molecule has 1 spiro atoms. The number of unbranched alkanes of at least 4 members (excludes halogenated alkanes) is 1. The zero-order valence-corrected chi connectivity index (χ0v) is 19.4. The van der Waals surface area contributed by atoms with Gasteiger partial charge >= 0.3 is 11.9 Å². The number of nitrogens with two attached hydrogens (primary N) is 1. The van der Waals surface area contributed by atoms with E-state index in [2.05, 4.69) is 21.2 Å². The van der Waals surface area contributed by atoms with Crippen molar-refractivity contribution < 1.29 is 28.6 Å². The lowest BCUT2D eigenvalue weighted by molar-refractivity contribution is -0.145. The molecule has 0 bridgehead atoms. The minimum Gasteiger partial charge on any atom is -0.462 e. The van der Waals surface area contributed by atoms with Crippen LogP contribution in [0.1, 0.15) is 46.1 Å². The Balaban J connectivity index is 2.29. The van der Waals surface area contributed by atoms with Gasteiger partial charge in [-0.3, -0.25) is 4.79 Å². The standard InChI is InChI=1S/C22H25BrN2O6/c1-5-6-9-29-19(26)17-18(24)31-12(4)16(20(27)30-11(2)3)22(17)14-10-13(23)7-8-15(14)25-21(22)28/h7-8,10-11H,5-6,9,24H2,1-4H3,(H,25,28). The summed E-state index contributed by atoms with van der Waals surface area (Å²) in [5, 5.41) is 2.76. The van der Waals surface area contributed by atoms with Crippen molar-refractivity contribution >= 4 is 39.5 Å². The fourth-order valence-corrected chi connectivity index (χ4v) is 4.18. The maximum absolute atomic E-state index is 13.5. The number of hydrogen-bond donors (Lipinski definition) is 2. The Hall–Kier alpha value is -2.81. The molecule has 1 aromatic carbocycles. The summed E-state index contributed by atoms with van der Waals surface area (Å²) in [6, 6.07) is 5.09. The lowest BCUT2D eigenvalue weighted by Crippen LogP contribution is -2.48. The summed E-state index contributed by atoms with van der Waals surface area (Å²) in [7, 11) is 0. The van der Waals surface area contributed by atoms with E-state index in [1.165, 1.54) is 6.92 Å². The Morgan fingerprint density at radius 1 is 1.26 bits per heavy atom. The zero-order valence-electron chi connectivity index (χ0n) is 17.8. The molecule has 0 fully saturated rings. The normalized spacial score (nSPS) is 20.0. The molecule has 9 heteroatoms. The first-order valence-electron chi connectivity index (χ1n) is 10.0. The van der Waals surface area contributed by atoms with E-state index >= 15 is 0 Å². The third-order valence-electron chi connectivity index (χ3n) is 5.07. The number of carbonyl (C=O) groups is 3. The Morgan fingerprint density at radius 2 is 1.97 bits per heavy atom. The van der Waals surface area contributed by atoms with Gasteiger partial charge in [-0.1, -0.05) is 29.3 Å². The van der Waals surface area contributed by atoms with E-state index in [1.54, 1.807) is 32.0 Å². The SMILES string of the molecule is CCCCOC(=O)C1=C(N)OC(C)=C(C(=O)OC(C)C)C12C(=O)Nc1ccc(Br)cc12. The Kier molecular flexibility index (Phi) is 6.45. The molecule has 31 heavy (non-hydrogen) atoms. The van der Waals surface area contributed by atoms with Crippen LogP contribution in [0.2, 0.25) is 0 Å². The number of esters is 2. The Labute approximate surface area is 188 Å². The predicted molar refractivity (Wildman–Crippen MR) is 117 cm³/mol. The van der Waals surface area contributed by atoms with Crippen LogP contribution in [-0.4, -0.2) is 30.6 Å². The molecule has 1 unspecified atom stereocenters. The van der Waals surface area contributed by atoms with Crippen LogP contribution in [0.3, 0.4) is 0 Å². The molecular formula is C22H25BrN2O6. The fraction of sp³-hybridized carbons (Fsp3) is 0.409. The highest BCUT2D eigenvalue weighted by Gasteiger charge is 2.62. The summed E-state index contributed by atoms with van der Waals surface area (Å²) >= 11 is 3.40.